The van der Waals surface area contributed by atoms with Crippen molar-refractivity contribution in [1.29, 1.82) is 0 Å². The highest BCUT2D eigenvalue weighted by Gasteiger charge is 2.35. The number of aromatic nitrogens is 1. The van der Waals surface area contributed by atoms with E-state index in [4.69, 9.17) is 0 Å². The van der Waals surface area contributed by atoms with Gasteiger partial charge in [-0.3, -0.25) is 4.79 Å². The van der Waals surface area contributed by atoms with Gasteiger partial charge in [-0.15, -0.1) is 0 Å². The summed E-state index contributed by atoms with van der Waals surface area (Å²) in [5, 5.41) is 2.91. The van der Waals surface area contributed by atoms with Crippen LogP contribution in [0.2, 0.25) is 0 Å². The Balaban J connectivity index is 1.60. The van der Waals surface area contributed by atoms with Crippen LogP contribution in [-0.4, -0.2) is 66.1 Å². The molecule has 1 atom stereocenters. The largest absolute Gasteiger partial charge is 0.330 e. The highest BCUT2D eigenvalue weighted by molar-refractivity contribution is 6.16. The third-order valence-electron chi connectivity index (χ3n) is 7.22. The number of nitrogens with one attached hydrogen (secondary N) is 1. The number of carbonyl (C=O) groups excluding carboxylic acids is 2. The van der Waals surface area contributed by atoms with Crippen molar-refractivity contribution in [2.24, 2.45) is 5.92 Å². The van der Waals surface area contributed by atoms with E-state index < -0.39 is 0 Å². The second-order valence-corrected chi connectivity index (χ2v) is 9.18. The number of hydrogen-bond acceptors (Lipinski definition) is 3. The average Bonchev–Trinajstić information content (AvgIpc) is 2.96. The molecule has 2 aliphatic rings. The summed E-state index contributed by atoms with van der Waals surface area (Å²) in [6.45, 7) is 9.35. The van der Waals surface area contributed by atoms with Gasteiger partial charge < -0.3 is 14.7 Å². The van der Waals surface area contributed by atoms with E-state index in [-0.39, 0.29) is 11.9 Å². The molecule has 1 N–H and O–H groups in total. The van der Waals surface area contributed by atoms with Gasteiger partial charge in [-0.05, 0) is 56.9 Å². The molecular weight excluding hydrogens is 402 g/mol. The molecule has 7 heteroatoms. The normalized spacial score (nSPS) is 18.5. The van der Waals surface area contributed by atoms with Crippen molar-refractivity contribution in [1.82, 2.24) is 9.88 Å². The van der Waals surface area contributed by atoms with Gasteiger partial charge in [-0.25, -0.2) is 14.7 Å². The number of piperidine rings is 1. The van der Waals surface area contributed by atoms with Gasteiger partial charge in [-0.2, -0.15) is 0 Å². The summed E-state index contributed by atoms with van der Waals surface area (Å²) < 4.78 is 1.06. The number of para-hydroxylation sites is 1. The zero-order chi connectivity index (χ0) is 22.7. The van der Waals surface area contributed by atoms with Crippen LogP contribution in [0.4, 0.5) is 22.0 Å². The molecule has 7 nitrogen and oxygen atoms in total. The molecule has 0 saturated carbocycles. The number of pyridine rings is 1. The fraction of sp³-hybridized carbons (Fsp3) is 0.480. The van der Waals surface area contributed by atoms with E-state index in [0.717, 1.165) is 56.5 Å². The number of carbonyl (C=O) groups is 2. The summed E-state index contributed by atoms with van der Waals surface area (Å²) in [4.78, 5) is 34.7. The molecule has 0 aliphatic carbocycles. The average molecular weight is 437 g/mol. The number of quaternary nitrogens is 1. The van der Waals surface area contributed by atoms with Crippen LogP contribution in [0.25, 0.3) is 0 Å². The van der Waals surface area contributed by atoms with Crippen molar-refractivity contribution in [3.8, 4) is 0 Å². The molecule has 1 fully saturated rings. The number of benzene rings is 1. The van der Waals surface area contributed by atoms with Gasteiger partial charge in [0.05, 0.1) is 43.6 Å². The smallest absolute Gasteiger partial charge is 0.326 e. The van der Waals surface area contributed by atoms with Gasteiger partial charge in [-0.1, -0.05) is 12.1 Å². The second-order valence-electron chi connectivity index (χ2n) is 9.18. The lowest BCUT2D eigenvalue weighted by Crippen LogP contribution is -2.48. The van der Waals surface area contributed by atoms with E-state index in [2.05, 4.69) is 31.2 Å². The Bertz CT molecular complexity index is 988. The van der Waals surface area contributed by atoms with Gasteiger partial charge in [0.2, 0.25) is 0 Å². The first-order valence-electron chi connectivity index (χ1n) is 11.7. The number of fused-ring (bicyclic) bond motifs is 2. The maximum absolute atomic E-state index is 13.9. The van der Waals surface area contributed by atoms with E-state index in [1.807, 2.05) is 23.1 Å². The summed E-state index contributed by atoms with van der Waals surface area (Å²) >= 11 is 0. The maximum atomic E-state index is 13.9. The number of anilines is 3. The quantitative estimate of drug-likeness (QED) is 0.702. The Hall–Kier alpha value is -2.93. The van der Waals surface area contributed by atoms with E-state index in [9.17, 15) is 9.59 Å². The molecule has 2 aliphatic heterocycles. The lowest BCUT2D eigenvalue weighted by Gasteiger charge is -2.38. The van der Waals surface area contributed by atoms with Gasteiger partial charge in [0.15, 0.2) is 5.82 Å². The fourth-order valence-corrected chi connectivity index (χ4v) is 4.68. The third-order valence-corrected chi connectivity index (χ3v) is 7.22. The SMILES string of the molecule is CC[N+](C)(CC)CCC1CCCN(C(=O)N2c3ccccc3C(=O)Nc3cccnc32)C1. The number of likely N-dealkylation sites (tertiary alicyclic amines) is 1. The zero-order valence-electron chi connectivity index (χ0n) is 19.4. The highest BCUT2D eigenvalue weighted by Crippen LogP contribution is 2.37. The van der Waals surface area contributed by atoms with Crippen LogP contribution in [0.15, 0.2) is 42.6 Å². The predicted octanol–water partition coefficient (Wildman–Crippen LogP) is 4.49. The topological polar surface area (TPSA) is 65.5 Å². The molecule has 32 heavy (non-hydrogen) atoms. The van der Waals surface area contributed by atoms with Gasteiger partial charge >= 0.3 is 6.03 Å². The van der Waals surface area contributed by atoms with E-state index in [0.29, 0.717) is 28.7 Å². The van der Waals surface area contributed by atoms with Crippen LogP contribution in [0.5, 0.6) is 0 Å². The molecule has 4 rings (SSSR count). The molecule has 3 heterocycles. The summed E-state index contributed by atoms with van der Waals surface area (Å²) in [7, 11) is 2.31. The molecule has 170 valence electrons. The van der Waals surface area contributed by atoms with Gasteiger partial charge in [0, 0.05) is 25.7 Å². The molecule has 0 bridgehead atoms. The molecule has 0 radical (unpaired) electrons. The van der Waals surface area contributed by atoms with Crippen LogP contribution in [0.3, 0.4) is 0 Å². The summed E-state index contributed by atoms with van der Waals surface area (Å²) in [5.74, 6) is 0.741. The van der Waals surface area contributed by atoms with Gasteiger partial charge in [0.25, 0.3) is 5.91 Å². The van der Waals surface area contributed by atoms with Crippen LogP contribution in [-0.2, 0) is 0 Å². The standard InChI is InChI=1S/C25H33N5O2/c1-4-30(3,5-2)17-14-19-10-9-16-28(18-19)25(32)29-22-13-7-6-11-20(22)24(31)27-21-12-8-15-26-23(21)29/h6-8,11-13,15,19H,4-5,9-10,14,16-18H2,1-3H3/p+1. The Kier molecular flexibility index (Phi) is 6.46. The monoisotopic (exact) mass is 436 g/mol. The first-order chi connectivity index (χ1) is 15.5. The lowest BCUT2D eigenvalue weighted by molar-refractivity contribution is -0.906. The molecule has 2 aromatic rings. The van der Waals surface area contributed by atoms with Crippen LogP contribution in [0.1, 0.15) is 43.5 Å². The number of hydrogen-bond donors (Lipinski definition) is 1. The maximum Gasteiger partial charge on any atom is 0.330 e. The first kappa shape index (κ1) is 22.3. The summed E-state index contributed by atoms with van der Waals surface area (Å²) in [6, 6.07) is 10.7. The van der Waals surface area contributed by atoms with Crippen molar-refractivity contribution < 1.29 is 14.1 Å². The first-order valence-corrected chi connectivity index (χ1v) is 11.7. The minimum atomic E-state index is -0.224. The van der Waals surface area contributed by atoms with Crippen LogP contribution in [0, 0.1) is 5.92 Å². The predicted molar refractivity (Wildman–Crippen MR) is 127 cm³/mol. The number of amides is 3. The summed E-state index contributed by atoms with van der Waals surface area (Å²) in [5.41, 5.74) is 1.61. The molecule has 1 unspecified atom stereocenters. The molecular formula is C25H34N5O2+. The Morgan fingerprint density at radius 2 is 1.97 bits per heavy atom. The van der Waals surface area contributed by atoms with Crippen molar-refractivity contribution in [2.75, 3.05) is 50.0 Å². The minimum Gasteiger partial charge on any atom is -0.326 e. The Morgan fingerprint density at radius 3 is 2.75 bits per heavy atom. The Morgan fingerprint density at radius 1 is 1.19 bits per heavy atom. The number of urea groups is 1. The zero-order valence-corrected chi connectivity index (χ0v) is 19.4. The molecule has 0 spiro atoms. The van der Waals surface area contributed by atoms with E-state index >= 15 is 0 Å². The minimum absolute atomic E-state index is 0.109. The highest BCUT2D eigenvalue weighted by atomic mass is 16.2. The van der Waals surface area contributed by atoms with Gasteiger partial charge in [0.1, 0.15) is 0 Å². The van der Waals surface area contributed by atoms with Crippen molar-refractivity contribution >= 4 is 29.1 Å². The summed E-state index contributed by atoms with van der Waals surface area (Å²) in [6.07, 6.45) is 4.93. The van der Waals surface area contributed by atoms with Crippen molar-refractivity contribution in [2.45, 2.75) is 33.1 Å². The third kappa shape index (κ3) is 4.35. The second kappa shape index (κ2) is 9.28. The molecule has 3 amide bonds. The van der Waals surface area contributed by atoms with Crippen LogP contribution < -0.4 is 10.2 Å². The van der Waals surface area contributed by atoms with Crippen LogP contribution >= 0.6 is 0 Å². The van der Waals surface area contributed by atoms with Crippen molar-refractivity contribution in [3.63, 3.8) is 0 Å². The number of rotatable bonds is 5. The lowest BCUT2D eigenvalue weighted by atomic mass is 9.94. The molecule has 1 aromatic heterocycles. The van der Waals surface area contributed by atoms with E-state index in [1.165, 1.54) is 0 Å². The number of nitrogens with zero attached hydrogens (tertiary/aromatic N) is 4. The molecule has 1 saturated heterocycles. The van der Waals surface area contributed by atoms with Crippen molar-refractivity contribution in [3.05, 3.63) is 48.2 Å². The molecule has 1 aromatic carbocycles. The Labute approximate surface area is 190 Å². The van der Waals surface area contributed by atoms with E-state index in [1.54, 1.807) is 29.3 Å². The fourth-order valence-electron chi connectivity index (χ4n) is 4.68.